The van der Waals surface area contributed by atoms with E-state index in [4.69, 9.17) is 0 Å². The molecule has 0 bridgehead atoms. The van der Waals surface area contributed by atoms with E-state index in [1.165, 1.54) is 11.1 Å². The van der Waals surface area contributed by atoms with Crippen LogP contribution in [0.2, 0.25) is 0 Å². The minimum absolute atomic E-state index is 0.115. The molecule has 4 heteroatoms. The zero-order chi connectivity index (χ0) is 16.2. The molecule has 0 saturated carbocycles. The van der Waals surface area contributed by atoms with Crippen LogP contribution in [-0.4, -0.2) is 23.3 Å². The maximum absolute atomic E-state index is 12.4. The molecule has 118 valence electrons. The van der Waals surface area contributed by atoms with E-state index in [9.17, 15) is 9.59 Å². The van der Waals surface area contributed by atoms with Crippen molar-refractivity contribution in [2.24, 2.45) is 0 Å². The van der Waals surface area contributed by atoms with Gasteiger partial charge in [0.1, 0.15) is 6.42 Å². The number of anilines is 1. The Balaban J connectivity index is 1.59. The van der Waals surface area contributed by atoms with Gasteiger partial charge >= 0.3 is 0 Å². The summed E-state index contributed by atoms with van der Waals surface area (Å²) in [6.45, 7) is 3.19. The van der Waals surface area contributed by atoms with Crippen LogP contribution >= 0.6 is 0 Å². The van der Waals surface area contributed by atoms with Crippen LogP contribution in [0.4, 0.5) is 5.69 Å². The average Bonchev–Trinajstić information content (AvgIpc) is 2.56. The number of amides is 2. The fourth-order valence-electron chi connectivity index (χ4n) is 2.87. The Morgan fingerprint density at radius 1 is 1.04 bits per heavy atom. The second-order valence-corrected chi connectivity index (χ2v) is 5.87. The third-order valence-electron chi connectivity index (χ3n) is 4.21. The molecular formula is C19H20N2O2. The van der Waals surface area contributed by atoms with Crippen LogP contribution < -0.4 is 5.32 Å². The fourth-order valence-corrected chi connectivity index (χ4v) is 2.87. The number of carbonyl (C=O) groups excluding carboxylic acids is 2. The Morgan fingerprint density at radius 2 is 1.74 bits per heavy atom. The minimum atomic E-state index is -0.261. The van der Waals surface area contributed by atoms with Crippen LogP contribution in [0.5, 0.6) is 0 Å². The van der Waals surface area contributed by atoms with Gasteiger partial charge in [-0.3, -0.25) is 9.59 Å². The topological polar surface area (TPSA) is 49.4 Å². The first-order valence-electron chi connectivity index (χ1n) is 7.83. The van der Waals surface area contributed by atoms with E-state index in [0.29, 0.717) is 13.1 Å². The van der Waals surface area contributed by atoms with Gasteiger partial charge in [-0.2, -0.15) is 0 Å². The molecule has 0 aliphatic carbocycles. The van der Waals surface area contributed by atoms with Crippen molar-refractivity contribution in [2.45, 2.75) is 26.3 Å². The predicted molar refractivity (Wildman–Crippen MR) is 90.0 cm³/mol. The number of hydrogen-bond donors (Lipinski definition) is 1. The van der Waals surface area contributed by atoms with Crippen molar-refractivity contribution in [3.8, 4) is 0 Å². The number of nitrogens with one attached hydrogen (secondary N) is 1. The van der Waals surface area contributed by atoms with E-state index in [2.05, 4.69) is 11.4 Å². The SMILES string of the molecule is Cc1ccccc1NC(=O)CC(=O)N1CCc2ccccc2C1. The molecule has 4 nitrogen and oxygen atoms in total. The van der Waals surface area contributed by atoms with Crippen LogP contribution in [0, 0.1) is 6.92 Å². The highest BCUT2D eigenvalue weighted by Gasteiger charge is 2.22. The lowest BCUT2D eigenvalue weighted by atomic mass is 10.00. The second kappa shape index (κ2) is 6.65. The van der Waals surface area contributed by atoms with E-state index in [-0.39, 0.29) is 18.2 Å². The van der Waals surface area contributed by atoms with E-state index in [1.807, 2.05) is 49.4 Å². The highest BCUT2D eigenvalue weighted by Crippen LogP contribution is 2.19. The summed E-state index contributed by atoms with van der Waals surface area (Å²) in [7, 11) is 0. The van der Waals surface area contributed by atoms with Crippen molar-refractivity contribution in [3.63, 3.8) is 0 Å². The lowest BCUT2D eigenvalue weighted by Crippen LogP contribution is -2.37. The van der Waals surface area contributed by atoms with Crippen molar-refractivity contribution in [2.75, 3.05) is 11.9 Å². The van der Waals surface area contributed by atoms with Gasteiger partial charge in [-0.15, -0.1) is 0 Å². The first-order valence-corrected chi connectivity index (χ1v) is 7.83. The molecule has 0 saturated heterocycles. The van der Waals surface area contributed by atoms with Crippen molar-refractivity contribution >= 4 is 17.5 Å². The van der Waals surface area contributed by atoms with Crippen molar-refractivity contribution in [3.05, 3.63) is 65.2 Å². The van der Waals surface area contributed by atoms with Gasteiger partial charge in [0.05, 0.1) is 0 Å². The van der Waals surface area contributed by atoms with Gasteiger partial charge < -0.3 is 10.2 Å². The molecule has 2 aromatic rings. The first-order chi connectivity index (χ1) is 11.1. The number of nitrogens with zero attached hydrogens (tertiary/aromatic N) is 1. The number of carbonyl (C=O) groups is 2. The summed E-state index contributed by atoms with van der Waals surface area (Å²) < 4.78 is 0. The largest absolute Gasteiger partial charge is 0.338 e. The highest BCUT2D eigenvalue weighted by molar-refractivity contribution is 6.03. The fraction of sp³-hybridized carbons (Fsp3) is 0.263. The molecule has 1 aliphatic heterocycles. The van der Waals surface area contributed by atoms with Gasteiger partial charge in [-0.25, -0.2) is 0 Å². The number of rotatable bonds is 3. The monoisotopic (exact) mass is 308 g/mol. The lowest BCUT2D eigenvalue weighted by Gasteiger charge is -2.28. The predicted octanol–water partition coefficient (Wildman–Crippen LogP) is 2.91. The van der Waals surface area contributed by atoms with Crippen LogP contribution in [0.15, 0.2) is 48.5 Å². The molecule has 23 heavy (non-hydrogen) atoms. The minimum Gasteiger partial charge on any atom is -0.338 e. The Labute approximate surface area is 136 Å². The van der Waals surface area contributed by atoms with Crippen molar-refractivity contribution in [1.82, 2.24) is 4.90 Å². The molecule has 0 fully saturated rings. The normalized spacial score (nSPS) is 13.3. The first kappa shape index (κ1) is 15.3. The second-order valence-electron chi connectivity index (χ2n) is 5.87. The van der Waals surface area contributed by atoms with Crippen molar-refractivity contribution < 1.29 is 9.59 Å². The van der Waals surface area contributed by atoms with E-state index in [0.717, 1.165) is 17.7 Å². The molecule has 0 atom stereocenters. The van der Waals surface area contributed by atoms with Gasteiger partial charge in [0.15, 0.2) is 0 Å². The molecular weight excluding hydrogens is 288 g/mol. The molecule has 2 aromatic carbocycles. The Bertz CT molecular complexity index is 740. The molecule has 2 amide bonds. The number of hydrogen-bond acceptors (Lipinski definition) is 2. The molecule has 0 radical (unpaired) electrons. The summed E-state index contributed by atoms with van der Waals surface area (Å²) in [6, 6.07) is 15.7. The molecule has 1 N–H and O–H groups in total. The maximum atomic E-state index is 12.4. The number of fused-ring (bicyclic) bond motifs is 1. The van der Waals surface area contributed by atoms with E-state index < -0.39 is 0 Å². The molecule has 0 spiro atoms. The summed E-state index contributed by atoms with van der Waals surface area (Å²) in [5.41, 5.74) is 4.21. The van der Waals surface area contributed by atoms with Crippen molar-refractivity contribution in [1.29, 1.82) is 0 Å². The summed E-state index contributed by atoms with van der Waals surface area (Å²) in [5.74, 6) is -0.381. The van der Waals surface area contributed by atoms with Gasteiger partial charge in [0, 0.05) is 18.8 Å². The van der Waals surface area contributed by atoms with Crippen LogP contribution in [0.1, 0.15) is 23.1 Å². The molecule has 0 unspecified atom stereocenters. The molecule has 1 heterocycles. The zero-order valence-corrected chi connectivity index (χ0v) is 13.2. The van der Waals surface area contributed by atoms with Gasteiger partial charge in [-0.1, -0.05) is 42.5 Å². The Morgan fingerprint density at radius 3 is 2.52 bits per heavy atom. The smallest absolute Gasteiger partial charge is 0.233 e. The van der Waals surface area contributed by atoms with Gasteiger partial charge in [-0.05, 0) is 36.1 Å². The molecule has 0 aromatic heterocycles. The van der Waals surface area contributed by atoms with E-state index in [1.54, 1.807) is 4.90 Å². The number of benzene rings is 2. The van der Waals surface area contributed by atoms with Crippen LogP contribution in [0.25, 0.3) is 0 Å². The zero-order valence-electron chi connectivity index (χ0n) is 13.2. The highest BCUT2D eigenvalue weighted by atomic mass is 16.2. The van der Waals surface area contributed by atoms with E-state index >= 15 is 0 Å². The Hall–Kier alpha value is -2.62. The third-order valence-corrected chi connectivity index (χ3v) is 4.21. The standard InChI is InChI=1S/C19H20N2O2/c1-14-6-2-5-9-17(14)20-18(22)12-19(23)21-11-10-15-7-3-4-8-16(15)13-21/h2-9H,10-13H2,1H3,(H,20,22). The van der Waals surface area contributed by atoms with Gasteiger partial charge in [0.25, 0.3) is 0 Å². The molecule has 3 rings (SSSR count). The average molecular weight is 308 g/mol. The Kier molecular flexibility index (Phi) is 4.42. The van der Waals surface area contributed by atoms with Gasteiger partial charge in [0.2, 0.25) is 11.8 Å². The molecule has 1 aliphatic rings. The maximum Gasteiger partial charge on any atom is 0.233 e. The number of para-hydroxylation sites is 1. The summed E-state index contributed by atoms with van der Waals surface area (Å²) in [6.07, 6.45) is 0.734. The quantitative estimate of drug-likeness (QED) is 0.886. The van der Waals surface area contributed by atoms with Crippen LogP contribution in [-0.2, 0) is 22.6 Å². The number of aryl methyl sites for hydroxylation is 1. The lowest BCUT2D eigenvalue weighted by molar-refractivity contribution is -0.135. The van der Waals surface area contributed by atoms with Crippen LogP contribution in [0.3, 0.4) is 0 Å². The summed E-state index contributed by atoms with van der Waals surface area (Å²) in [5, 5.41) is 2.81. The summed E-state index contributed by atoms with van der Waals surface area (Å²) >= 11 is 0. The summed E-state index contributed by atoms with van der Waals surface area (Å²) in [4.78, 5) is 26.2. The third kappa shape index (κ3) is 3.59.